The Kier molecular flexibility index (Phi) is 7.58. The van der Waals surface area contributed by atoms with Crippen molar-refractivity contribution in [3.05, 3.63) is 36.5 Å². The zero-order chi connectivity index (χ0) is 7.28. The summed E-state index contributed by atoms with van der Waals surface area (Å²) in [6.45, 7) is 11.5. The molecule has 0 atom stereocenters. The SMILES string of the molecule is C.C=C/C(C)=C(\C=C)CC. The maximum absolute atomic E-state index is 3.70. The molecule has 0 bridgehead atoms. The van der Waals surface area contributed by atoms with Gasteiger partial charge in [-0.2, -0.15) is 0 Å². The van der Waals surface area contributed by atoms with E-state index < -0.39 is 0 Å². The Balaban J connectivity index is 0. The summed E-state index contributed by atoms with van der Waals surface area (Å²) >= 11 is 0. The number of rotatable bonds is 3. The molecule has 0 nitrogen and oxygen atoms in total. The zero-order valence-electron chi connectivity index (χ0n) is 6.28. The third-order valence-electron chi connectivity index (χ3n) is 1.44. The summed E-state index contributed by atoms with van der Waals surface area (Å²) in [5.74, 6) is 0. The summed E-state index contributed by atoms with van der Waals surface area (Å²) < 4.78 is 0. The molecule has 0 aromatic heterocycles. The molecule has 0 unspecified atom stereocenters. The highest BCUT2D eigenvalue weighted by Gasteiger charge is 1.88. The van der Waals surface area contributed by atoms with Crippen molar-refractivity contribution in [1.29, 1.82) is 0 Å². The van der Waals surface area contributed by atoms with Gasteiger partial charge in [-0.1, -0.05) is 39.7 Å². The van der Waals surface area contributed by atoms with Crippen LogP contribution in [0.1, 0.15) is 27.7 Å². The molecule has 0 amide bonds. The lowest BCUT2D eigenvalue weighted by Crippen LogP contribution is -1.77. The molecule has 0 aromatic carbocycles. The second-order valence-electron chi connectivity index (χ2n) is 1.97. The quantitative estimate of drug-likeness (QED) is 0.521. The van der Waals surface area contributed by atoms with Crippen LogP contribution in [0.25, 0.3) is 0 Å². The Morgan fingerprint density at radius 1 is 1.30 bits per heavy atom. The fourth-order valence-corrected chi connectivity index (χ4v) is 0.715. The minimum Gasteiger partial charge on any atom is -0.0988 e. The van der Waals surface area contributed by atoms with Crippen LogP contribution in [-0.2, 0) is 0 Å². The maximum Gasteiger partial charge on any atom is -0.0305 e. The molecule has 0 aliphatic heterocycles. The first-order valence-electron chi connectivity index (χ1n) is 3.20. The second-order valence-corrected chi connectivity index (χ2v) is 1.97. The van der Waals surface area contributed by atoms with Gasteiger partial charge in [0.1, 0.15) is 0 Å². The summed E-state index contributed by atoms with van der Waals surface area (Å²) in [7, 11) is 0. The molecule has 58 valence electrons. The molecule has 0 aromatic rings. The van der Waals surface area contributed by atoms with Crippen LogP contribution in [-0.4, -0.2) is 0 Å². The first-order valence-corrected chi connectivity index (χ1v) is 3.20. The van der Waals surface area contributed by atoms with E-state index >= 15 is 0 Å². The molecule has 0 saturated heterocycles. The van der Waals surface area contributed by atoms with Gasteiger partial charge in [0.2, 0.25) is 0 Å². The summed E-state index contributed by atoms with van der Waals surface area (Å²) in [6, 6.07) is 0. The molecular weight excluding hydrogens is 120 g/mol. The van der Waals surface area contributed by atoms with E-state index in [1.165, 1.54) is 11.1 Å². The Morgan fingerprint density at radius 2 is 1.80 bits per heavy atom. The molecule has 0 spiro atoms. The summed E-state index contributed by atoms with van der Waals surface area (Å²) in [5, 5.41) is 0. The van der Waals surface area contributed by atoms with Crippen molar-refractivity contribution in [3.8, 4) is 0 Å². The lowest BCUT2D eigenvalue weighted by Gasteiger charge is -1.98. The molecule has 0 radical (unpaired) electrons. The van der Waals surface area contributed by atoms with Crippen molar-refractivity contribution < 1.29 is 0 Å². The number of hydrogen-bond acceptors (Lipinski definition) is 0. The van der Waals surface area contributed by atoms with E-state index in [1.807, 2.05) is 19.1 Å². The third-order valence-corrected chi connectivity index (χ3v) is 1.44. The van der Waals surface area contributed by atoms with Gasteiger partial charge in [-0.3, -0.25) is 0 Å². The normalized spacial score (nSPS) is 11.0. The monoisotopic (exact) mass is 138 g/mol. The topological polar surface area (TPSA) is 0 Å². The van der Waals surface area contributed by atoms with Crippen LogP contribution in [0.4, 0.5) is 0 Å². The Bertz CT molecular complexity index is 138. The largest absolute Gasteiger partial charge is 0.0988 e. The average molecular weight is 138 g/mol. The Labute approximate surface area is 65.0 Å². The highest BCUT2D eigenvalue weighted by atomic mass is 13.9. The molecule has 0 fully saturated rings. The van der Waals surface area contributed by atoms with Gasteiger partial charge >= 0.3 is 0 Å². The number of allylic oxidation sites excluding steroid dienone is 4. The van der Waals surface area contributed by atoms with E-state index in [0.717, 1.165) is 6.42 Å². The lowest BCUT2D eigenvalue weighted by atomic mass is 10.1. The highest BCUT2D eigenvalue weighted by molar-refractivity contribution is 5.28. The molecule has 0 aliphatic carbocycles. The van der Waals surface area contributed by atoms with E-state index in [0.29, 0.717) is 0 Å². The summed E-state index contributed by atoms with van der Waals surface area (Å²) in [5.41, 5.74) is 2.51. The third kappa shape index (κ3) is 3.29. The van der Waals surface area contributed by atoms with Gasteiger partial charge in [0.15, 0.2) is 0 Å². The minimum absolute atomic E-state index is 0. The molecule has 0 N–H and O–H groups in total. The van der Waals surface area contributed by atoms with E-state index in [1.54, 1.807) is 0 Å². The van der Waals surface area contributed by atoms with Gasteiger partial charge in [-0.25, -0.2) is 0 Å². The first kappa shape index (κ1) is 12.0. The fourth-order valence-electron chi connectivity index (χ4n) is 0.715. The van der Waals surface area contributed by atoms with Crippen molar-refractivity contribution >= 4 is 0 Å². The zero-order valence-corrected chi connectivity index (χ0v) is 6.28. The van der Waals surface area contributed by atoms with E-state index in [2.05, 4.69) is 20.1 Å². The van der Waals surface area contributed by atoms with E-state index in [-0.39, 0.29) is 7.43 Å². The van der Waals surface area contributed by atoms with E-state index in [4.69, 9.17) is 0 Å². The van der Waals surface area contributed by atoms with Crippen LogP contribution >= 0.6 is 0 Å². The van der Waals surface area contributed by atoms with Crippen LogP contribution < -0.4 is 0 Å². The van der Waals surface area contributed by atoms with Gasteiger partial charge in [0.25, 0.3) is 0 Å². The van der Waals surface area contributed by atoms with Crippen LogP contribution in [0.3, 0.4) is 0 Å². The standard InChI is InChI=1S/C9H14.CH4/c1-5-8(4)9(6-2)7-3;/h5-6H,1-2,7H2,3-4H3;1H4/b9-8+;. The van der Waals surface area contributed by atoms with Crippen molar-refractivity contribution in [3.63, 3.8) is 0 Å². The van der Waals surface area contributed by atoms with Crippen molar-refractivity contribution in [1.82, 2.24) is 0 Å². The molecule has 0 rings (SSSR count). The second kappa shape index (κ2) is 6.34. The summed E-state index contributed by atoms with van der Waals surface area (Å²) in [4.78, 5) is 0. The van der Waals surface area contributed by atoms with Crippen LogP contribution in [0.5, 0.6) is 0 Å². The van der Waals surface area contributed by atoms with Gasteiger partial charge < -0.3 is 0 Å². The predicted octanol–water partition coefficient (Wildman–Crippen LogP) is 3.72. The Hall–Kier alpha value is -0.780. The van der Waals surface area contributed by atoms with Crippen LogP contribution in [0.2, 0.25) is 0 Å². The molecular formula is C10H18. The van der Waals surface area contributed by atoms with Gasteiger partial charge in [0, 0.05) is 0 Å². The highest BCUT2D eigenvalue weighted by Crippen LogP contribution is 2.08. The minimum atomic E-state index is 0. The average Bonchev–Trinajstić information content (AvgIpc) is 1.90. The van der Waals surface area contributed by atoms with Crippen molar-refractivity contribution in [2.24, 2.45) is 0 Å². The van der Waals surface area contributed by atoms with E-state index in [9.17, 15) is 0 Å². The molecule has 0 heteroatoms. The Morgan fingerprint density at radius 3 is 1.90 bits per heavy atom. The molecule has 10 heavy (non-hydrogen) atoms. The van der Waals surface area contributed by atoms with Crippen molar-refractivity contribution in [2.45, 2.75) is 27.7 Å². The van der Waals surface area contributed by atoms with Crippen LogP contribution in [0, 0.1) is 0 Å². The van der Waals surface area contributed by atoms with Crippen molar-refractivity contribution in [2.75, 3.05) is 0 Å². The van der Waals surface area contributed by atoms with Gasteiger partial charge in [0.05, 0.1) is 0 Å². The van der Waals surface area contributed by atoms with Gasteiger partial charge in [-0.15, -0.1) is 0 Å². The molecule has 0 aliphatic rings. The predicted molar refractivity (Wildman–Crippen MR) is 50.1 cm³/mol. The number of hydrogen-bond donors (Lipinski definition) is 0. The smallest absolute Gasteiger partial charge is 0.0305 e. The van der Waals surface area contributed by atoms with Gasteiger partial charge in [-0.05, 0) is 24.5 Å². The molecule has 0 heterocycles. The molecule has 0 saturated carbocycles. The first-order chi connectivity index (χ1) is 4.26. The van der Waals surface area contributed by atoms with Crippen LogP contribution in [0.15, 0.2) is 36.5 Å². The lowest BCUT2D eigenvalue weighted by molar-refractivity contribution is 1.12. The fraction of sp³-hybridized carbons (Fsp3) is 0.400. The summed E-state index contributed by atoms with van der Waals surface area (Å²) in [6.07, 6.45) is 4.79. The maximum atomic E-state index is 3.70.